The highest BCUT2D eigenvalue weighted by Gasteiger charge is 2.35. The first kappa shape index (κ1) is 23.4. The SMILES string of the molecule is CC1(C)c2ccccc2-c2cc3ccc4c5ccccc5n(-c5nc(-c6ccccc6)c6ccccc6n5)c4c3cc21. The molecule has 0 atom stereocenters. The highest BCUT2D eigenvalue weighted by molar-refractivity contribution is 6.19. The average molecular weight is 538 g/mol. The summed E-state index contributed by atoms with van der Waals surface area (Å²) in [7, 11) is 0. The van der Waals surface area contributed by atoms with Crippen LogP contribution in [-0.2, 0) is 5.41 Å². The van der Waals surface area contributed by atoms with Crippen molar-refractivity contribution in [2.24, 2.45) is 0 Å². The first-order chi connectivity index (χ1) is 20.6. The van der Waals surface area contributed by atoms with Crippen molar-refractivity contribution in [3.05, 3.63) is 139 Å². The molecular weight excluding hydrogens is 510 g/mol. The fourth-order valence-electron chi connectivity index (χ4n) is 7.17. The standard InChI is InChI=1S/C39H27N3/c1-39(2)32-17-9-6-14-26(32)31-22-25-20-21-28-27-15-8-11-19-35(27)42(37(28)30(25)23-33(31)39)38-40-34-18-10-7-16-29(34)36(41-38)24-12-4-3-5-13-24/h3-23H,1-2H3. The van der Waals surface area contributed by atoms with Gasteiger partial charge in [0.1, 0.15) is 0 Å². The molecule has 198 valence electrons. The van der Waals surface area contributed by atoms with Crippen LogP contribution >= 0.6 is 0 Å². The largest absolute Gasteiger partial charge is 0.277 e. The molecule has 3 heteroatoms. The van der Waals surface area contributed by atoms with Crippen LogP contribution in [0.4, 0.5) is 0 Å². The van der Waals surface area contributed by atoms with Crippen molar-refractivity contribution >= 4 is 43.5 Å². The molecule has 2 heterocycles. The van der Waals surface area contributed by atoms with Crippen LogP contribution in [0.1, 0.15) is 25.0 Å². The Bertz CT molecular complexity index is 2380. The molecule has 0 radical (unpaired) electrons. The van der Waals surface area contributed by atoms with Crippen molar-refractivity contribution in [1.29, 1.82) is 0 Å². The number of nitrogens with zero attached hydrogens (tertiary/aromatic N) is 3. The molecule has 0 spiro atoms. The molecule has 0 unspecified atom stereocenters. The van der Waals surface area contributed by atoms with Crippen LogP contribution in [0.5, 0.6) is 0 Å². The van der Waals surface area contributed by atoms with Gasteiger partial charge in [-0.3, -0.25) is 4.57 Å². The molecule has 0 saturated carbocycles. The predicted octanol–water partition coefficient (Wildman–Crippen LogP) is 9.85. The van der Waals surface area contributed by atoms with Crippen LogP contribution in [0.25, 0.3) is 71.8 Å². The third-order valence-electron chi connectivity index (χ3n) is 9.19. The van der Waals surface area contributed by atoms with E-state index < -0.39 is 0 Å². The van der Waals surface area contributed by atoms with Gasteiger partial charge < -0.3 is 0 Å². The lowest BCUT2D eigenvalue weighted by atomic mass is 9.82. The quantitative estimate of drug-likeness (QED) is 0.220. The second kappa shape index (κ2) is 8.37. The maximum atomic E-state index is 5.31. The van der Waals surface area contributed by atoms with Crippen molar-refractivity contribution in [3.8, 4) is 28.3 Å². The first-order valence-corrected chi connectivity index (χ1v) is 14.5. The zero-order valence-electron chi connectivity index (χ0n) is 23.5. The van der Waals surface area contributed by atoms with Crippen molar-refractivity contribution in [2.45, 2.75) is 19.3 Å². The summed E-state index contributed by atoms with van der Waals surface area (Å²) in [5, 5.41) is 5.92. The van der Waals surface area contributed by atoms with Gasteiger partial charge in [0, 0.05) is 32.5 Å². The molecule has 0 aliphatic heterocycles. The van der Waals surface area contributed by atoms with Crippen molar-refractivity contribution < 1.29 is 0 Å². The maximum Gasteiger partial charge on any atom is 0.235 e. The summed E-state index contributed by atoms with van der Waals surface area (Å²) in [6.07, 6.45) is 0. The summed E-state index contributed by atoms with van der Waals surface area (Å²) >= 11 is 0. The minimum atomic E-state index is -0.0843. The molecular formula is C39H27N3. The molecule has 0 saturated heterocycles. The molecule has 0 bridgehead atoms. The Hall–Kier alpha value is -5.28. The smallest absolute Gasteiger partial charge is 0.235 e. The first-order valence-electron chi connectivity index (χ1n) is 14.5. The van der Waals surface area contributed by atoms with Crippen LogP contribution in [-0.4, -0.2) is 14.5 Å². The fraction of sp³-hybridized carbons (Fsp3) is 0.0769. The molecule has 6 aromatic carbocycles. The topological polar surface area (TPSA) is 30.7 Å². The zero-order valence-corrected chi connectivity index (χ0v) is 23.5. The van der Waals surface area contributed by atoms with Gasteiger partial charge in [0.2, 0.25) is 5.95 Å². The van der Waals surface area contributed by atoms with E-state index in [9.17, 15) is 0 Å². The molecule has 3 nitrogen and oxygen atoms in total. The lowest BCUT2D eigenvalue weighted by Crippen LogP contribution is -2.14. The van der Waals surface area contributed by atoms with E-state index in [4.69, 9.17) is 9.97 Å². The number of hydrogen-bond acceptors (Lipinski definition) is 2. The minimum absolute atomic E-state index is 0.0843. The van der Waals surface area contributed by atoms with E-state index in [1.807, 2.05) is 6.07 Å². The molecule has 0 N–H and O–H groups in total. The Labute approximate surface area is 243 Å². The predicted molar refractivity (Wildman–Crippen MR) is 174 cm³/mol. The highest BCUT2D eigenvalue weighted by Crippen LogP contribution is 2.50. The Balaban J connectivity index is 1.43. The number of benzene rings is 6. The summed E-state index contributed by atoms with van der Waals surface area (Å²) in [6.45, 7) is 4.69. The van der Waals surface area contributed by atoms with E-state index in [0.717, 1.165) is 33.2 Å². The summed E-state index contributed by atoms with van der Waals surface area (Å²) in [5.74, 6) is 0.689. The van der Waals surface area contributed by atoms with E-state index in [1.165, 1.54) is 43.8 Å². The highest BCUT2D eigenvalue weighted by atomic mass is 15.2. The molecule has 0 amide bonds. The molecule has 2 aromatic heterocycles. The Morgan fingerprint density at radius 3 is 2.17 bits per heavy atom. The number of para-hydroxylation sites is 2. The normalized spacial score (nSPS) is 13.7. The van der Waals surface area contributed by atoms with Crippen LogP contribution < -0.4 is 0 Å². The van der Waals surface area contributed by atoms with E-state index in [2.05, 4.69) is 140 Å². The van der Waals surface area contributed by atoms with Crippen LogP contribution in [0.2, 0.25) is 0 Å². The average Bonchev–Trinajstić information content (AvgIpc) is 3.49. The van der Waals surface area contributed by atoms with E-state index in [-0.39, 0.29) is 5.41 Å². The van der Waals surface area contributed by atoms with Crippen LogP contribution in [0, 0.1) is 0 Å². The van der Waals surface area contributed by atoms with Crippen molar-refractivity contribution in [1.82, 2.24) is 14.5 Å². The molecule has 1 aliphatic carbocycles. The van der Waals surface area contributed by atoms with Crippen molar-refractivity contribution in [2.75, 3.05) is 0 Å². The molecule has 9 rings (SSSR count). The number of aromatic nitrogens is 3. The number of fused-ring (bicyclic) bond motifs is 9. The monoisotopic (exact) mass is 537 g/mol. The summed E-state index contributed by atoms with van der Waals surface area (Å²) in [4.78, 5) is 10.5. The molecule has 0 fully saturated rings. The van der Waals surface area contributed by atoms with Gasteiger partial charge in [-0.05, 0) is 51.9 Å². The zero-order chi connectivity index (χ0) is 28.0. The second-order valence-electron chi connectivity index (χ2n) is 11.9. The number of hydrogen-bond donors (Lipinski definition) is 0. The summed E-state index contributed by atoms with van der Waals surface area (Å²) in [6, 6.07) is 45.6. The van der Waals surface area contributed by atoms with E-state index >= 15 is 0 Å². The van der Waals surface area contributed by atoms with Crippen LogP contribution in [0.3, 0.4) is 0 Å². The van der Waals surface area contributed by atoms with Gasteiger partial charge in [-0.25, -0.2) is 9.97 Å². The lowest BCUT2D eigenvalue weighted by molar-refractivity contribution is 0.661. The lowest BCUT2D eigenvalue weighted by Gasteiger charge is -2.22. The van der Waals surface area contributed by atoms with Gasteiger partial charge in [-0.2, -0.15) is 0 Å². The second-order valence-corrected chi connectivity index (χ2v) is 11.9. The summed E-state index contributed by atoms with van der Waals surface area (Å²) in [5.41, 5.74) is 10.6. The third kappa shape index (κ3) is 3.11. The van der Waals surface area contributed by atoms with Gasteiger partial charge in [0.05, 0.1) is 22.2 Å². The Morgan fingerprint density at radius 1 is 0.548 bits per heavy atom. The third-order valence-corrected chi connectivity index (χ3v) is 9.19. The summed E-state index contributed by atoms with van der Waals surface area (Å²) < 4.78 is 2.29. The van der Waals surface area contributed by atoms with E-state index in [1.54, 1.807) is 0 Å². The van der Waals surface area contributed by atoms with Gasteiger partial charge >= 0.3 is 0 Å². The fourth-order valence-corrected chi connectivity index (χ4v) is 7.17. The van der Waals surface area contributed by atoms with Gasteiger partial charge in [0.25, 0.3) is 0 Å². The Morgan fingerprint density at radius 2 is 1.29 bits per heavy atom. The van der Waals surface area contributed by atoms with Gasteiger partial charge in [0.15, 0.2) is 0 Å². The molecule has 8 aromatic rings. The minimum Gasteiger partial charge on any atom is -0.277 e. The molecule has 1 aliphatic rings. The van der Waals surface area contributed by atoms with E-state index in [0.29, 0.717) is 5.95 Å². The Kier molecular flexibility index (Phi) is 4.67. The number of rotatable bonds is 2. The van der Waals surface area contributed by atoms with Crippen molar-refractivity contribution in [3.63, 3.8) is 0 Å². The molecule has 42 heavy (non-hydrogen) atoms. The van der Waals surface area contributed by atoms with Gasteiger partial charge in [-0.15, -0.1) is 0 Å². The maximum absolute atomic E-state index is 5.31. The van der Waals surface area contributed by atoms with Crippen LogP contribution in [0.15, 0.2) is 127 Å². The van der Waals surface area contributed by atoms with Gasteiger partial charge in [-0.1, -0.05) is 117 Å².